The average molecular weight is 279 g/mol. The number of esters is 1. The predicted molar refractivity (Wildman–Crippen MR) is 75.2 cm³/mol. The molecule has 2 aromatic rings. The third-order valence-corrected chi connectivity index (χ3v) is 3.55. The second-order valence-electron chi connectivity index (χ2n) is 4.23. The van der Waals surface area contributed by atoms with Gasteiger partial charge in [0.15, 0.2) is 5.58 Å². The van der Waals surface area contributed by atoms with Crippen molar-refractivity contribution in [3.63, 3.8) is 0 Å². The molecule has 1 unspecified atom stereocenters. The van der Waals surface area contributed by atoms with Gasteiger partial charge in [-0.05, 0) is 25.5 Å². The Morgan fingerprint density at radius 3 is 3.00 bits per heavy atom. The zero-order chi connectivity index (χ0) is 13.7. The second kappa shape index (κ2) is 6.61. The van der Waals surface area contributed by atoms with E-state index in [1.165, 1.54) is 11.8 Å². The minimum atomic E-state index is -0.315. The van der Waals surface area contributed by atoms with Gasteiger partial charge in [0.25, 0.3) is 5.22 Å². The molecular weight excluding hydrogens is 262 g/mol. The number of unbranched alkanes of at least 4 members (excludes halogenated alkanes) is 1. The number of rotatable bonds is 6. The predicted octanol–water partition coefficient (Wildman–Crippen LogP) is 3.65. The molecule has 5 heteroatoms. The maximum atomic E-state index is 11.7. The third-order valence-electron chi connectivity index (χ3n) is 2.63. The van der Waals surface area contributed by atoms with Crippen LogP contribution in [0.4, 0.5) is 0 Å². The molecule has 0 aliphatic heterocycles. The molecule has 2 rings (SSSR count). The lowest BCUT2D eigenvalue weighted by molar-refractivity contribution is -0.142. The maximum Gasteiger partial charge on any atom is 0.319 e. The van der Waals surface area contributed by atoms with Gasteiger partial charge in [-0.15, -0.1) is 0 Å². The fraction of sp³-hybridized carbons (Fsp3) is 0.429. The van der Waals surface area contributed by atoms with E-state index in [1.807, 2.05) is 24.3 Å². The number of oxazole rings is 1. The molecule has 0 spiro atoms. The number of fused-ring (bicyclic) bond motifs is 1. The molecule has 0 saturated carbocycles. The van der Waals surface area contributed by atoms with Gasteiger partial charge in [0.05, 0.1) is 6.61 Å². The van der Waals surface area contributed by atoms with Gasteiger partial charge in [0, 0.05) is 0 Å². The van der Waals surface area contributed by atoms with Crippen LogP contribution in [-0.4, -0.2) is 22.8 Å². The Labute approximate surface area is 116 Å². The van der Waals surface area contributed by atoms with E-state index in [9.17, 15) is 4.79 Å². The van der Waals surface area contributed by atoms with E-state index in [-0.39, 0.29) is 11.2 Å². The monoisotopic (exact) mass is 279 g/mol. The molecule has 0 aliphatic carbocycles. The van der Waals surface area contributed by atoms with Gasteiger partial charge in [-0.1, -0.05) is 37.2 Å². The summed E-state index contributed by atoms with van der Waals surface area (Å²) in [4.78, 5) is 16.0. The van der Waals surface area contributed by atoms with Crippen LogP contribution in [0.15, 0.2) is 33.9 Å². The molecule has 4 nitrogen and oxygen atoms in total. The summed E-state index contributed by atoms with van der Waals surface area (Å²) in [5.74, 6) is -0.222. The molecular formula is C14H17NO3S. The summed E-state index contributed by atoms with van der Waals surface area (Å²) in [7, 11) is 0. The molecule has 1 atom stereocenters. The molecule has 0 fully saturated rings. The number of nitrogens with zero attached hydrogens (tertiary/aromatic N) is 1. The molecule has 0 saturated heterocycles. The van der Waals surface area contributed by atoms with E-state index in [4.69, 9.17) is 9.15 Å². The summed E-state index contributed by atoms with van der Waals surface area (Å²) >= 11 is 1.28. The number of hydrogen-bond donors (Lipinski definition) is 0. The number of hydrogen-bond acceptors (Lipinski definition) is 5. The lowest BCUT2D eigenvalue weighted by atomic mass is 10.3. The van der Waals surface area contributed by atoms with Crippen molar-refractivity contribution < 1.29 is 13.9 Å². The van der Waals surface area contributed by atoms with E-state index in [0.717, 1.165) is 23.9 Å². The number of para-hydroxylation sites is 2. The highest BCUT2D eigenvalue weighted by molar-refractivity contribution is 8.00. The van der Waals surface area contributed by atoms with Crippen molar-refractivity contribution in [2.45, 2.75) is 37.2 Å². The SMILES string of the molecule is CCCCOC(=O)C(C)Sc1nc2ccccc2o1. The Hall–Kier alpha value is -1.49. The van der Waals surface area contributed by atoms with Crippen LogP contribution in [0.3, 0.4) is 0 Å². The van der Waals surface area contributed by atoms with Crippen LogP contribution in [0.5, 0.6) is 0 Å². The molecule has 0 N–H and O–H groups in total. The van der Waals surface area contributed by atoms with Gasteiger partial charge in [0.2, 0.25) is 0 Å². The molecule has 0 amide bonds. The number of carbonyl (C=O) groups excluding carboxylic acids is 1. The van der Waals surface area contributed by atoms with E-state index in [1.54, 1.807) is 6.92 Å². The summed E-state index contributed by atoms with van der Waals surface area (Å²) in [5.41, 5.74) is 1.54. The summed E-state index contributed by atoms with van der Waals surface area (Å²) in [6, 6.07) is 7.54. The van der Waals surface area contributed by atoms with Gasteiger partial charge >= 0.3 is 5.97 Å². The van der Waals surface area contributed by atoms with Gasteiger partial charge in [-0.3, -0.25) is 4.79 Å². The Kier molecular flexibility index (Phi) is 4.85. The first-order chi connectivity index (χ1) is 9.20. The minimum absolute atomic E-state index is 0.222. The summed E-state index contributed by atoms with van der Waals surface area (Å²) in [6.45, 7) is 4.34. The molecule has 102 valence electrons. The Morgan fingerprint density at radius 2 is 2.26 bits per heavy atom. The Morgan fingerprint density at radius 1 is 1.47 bits per heavy atom. The maximum absolute atomic E-state index is 11.7. The lowest BCUT2D eigenvalue weighted by Crippen LogP contribution is -2.17. The highest BCUT2D eigenvalue weighted by Crippen LogP contribution is 2.27. The minimum Gasteiger partial charge on any atom is -0.465 e. The largest absolute Gasteiger partial charge is 0.465 e. The highest BCUT2D eigenvalue weighted by atomic mass is 32.2. The number of ether oxygens (including phenoxy) is 1. The number of benzene rings is 1. The van der Waals surface area contributed by atoms with Crippen LogP contribution in [0, 0.1) is 0 Å². The fourth-order valence-electron chi connectivity index (χ4n) is 1.54. The van der Waals surface area contributed by atoms with E-state index in [2.05, 4.69) is 11.9 Å². The highest BCUT2D eigenvalue weighted by Gasteiger charge is 2.19. The lowest BCUT2D eigenvalue weighted by Gasteiger charge is -2.08. The summed E-state index contributed by atoms with van der Waals surface area (Å²) < 4.78 is 10.7. The first kappa shape index (κ1) is 13.9. The number of carbonyl (C=O) groups is 1. The van der Waals surface area contributed by atoms with Crippen molar-refractivity contribution in [3.8, 4) is 0 Å². The summed E-state index contributed by atoms with van der Waals surface area (Å²) in [5, 5.41) is 0.186. The van der Waals surface area contributed by atoms with Gasteiger partial charge < -0.3 is 9.15 Å². The first-order valence-electron chi connectivity index (χ1n) is 6.39. The van der Waals surface area contributed by atoms with Crippen molar-refractivity contribution >= 4 is 28.8 Å². The van der Waals surface area contributed by atoms with Crippen molar-refractivity contribution in [1.29, 1.82) is 0 Å². The number of thioether (sulfide) groups is 1. The van der Waals surface area contributed by atoms with Crippen LogP contribution >= 0.6 is 11.8 Å². The van der Waals surface area contributed by atoms with Crippen LogP contribution in [0.2, 0.25) is 0 Å². The third kappa shape index (κ3) is 3.73. The Bertz CT molecular complexity index is 519. The molecule has 1 aromatic carbocycles. The van der Waals surface area contributed by atoms with Gasteiger partial charge in [0.1, 0.15) is 10.8 Å². The molecule has 19 heavy (non-hydrogen) atoms. The van der Waals surface area contributed by atoms with Crippen molar-refractivity contribution in [2.75, 3.05) is 6.61 Å². The molecule has 0 bridgehead atoms. The first-order valence-corrected chi connectivity index (χ1v) is 7.27. The molecule has 0 aliphatic rings. The standard InChI is InChI=1S/C14H17NO3S/c1-3-4-9-17-13(16)10(2)19-14-15-11-7-5-6-8-12(11)18-14/h5-8,10H,3-4,9H2,1-2H3. The van der Waals surface area contributed by atoms with E-state index < -0.39 is 0 Å². The molecule has 1 heterocycles. The van der Waals surface area contributed by atoms with Crippen molar-refractivity contribution in [2.24, 2.45) is 0 Å². The van der Waals surface area contributed by atoms with Crippen LogP contribution < -0.4 is 0 Å². The van der Waals surface area contributed by atoms with Crippen LogP contribution in [-0.2, 0) is 9.53 Å². The van der Waals surface area contributed by atoms with Crippen LogP contribution in [0.25, 0.3) is 11.1 Å². The zero-order valence-corrected chi connectivity index (χ0v) is 11.9. The quantitative estimate of drug-likeness (QED) is 0.459. The topological polar surface area (TPSA) is 52.3 Å². The van der Waals surface area contributed by atoms with Crippen molar-refractivity contribution in [1.82, 2.24) is 4.98 Å². The zero-order valence-electron chi connectivity index (χ0n) is 11.1. The smallest absolute Gasteiger partial charge is 0.319 e. The average Bonchev–Trinajstić information content (AvgIpc) is 2.80. The van der Waals surface area contributed by atoms with E-state index >= 15 is 0 Å². The Balaban J connectivity index is 1.94. The normalized spacial score (nSPS) is 12.5. The van der Waals surface area contributed by atoms with Crippen LogP contribution in [0.1, 0.15) is 26.7 Å². The van der Waals surface area contributed by atoms with Gasteiger partial charge in [-0.25, -0.2) is 4.98 Å². The molecule has 1 aromatic heterocycles. The van der Waals surface area contributed by atoms with E-state index in [0.29, 0.717) is 11.8 Å². The molecule has 0 radical (unpaired) electrons. The van der Waals surface area contributed by atoms with Crippen molar-refractivity contribution in [3.05, 3.63) is 24.3 Å². The summed E-state index contributed by atoms with van der Waals surface area (Å²) in [6.07, 6.45) is 1.91. The fourth-order valence-corrected chi connectivity index (χ4v) is 2.29. The number of aromatic nitrogens is 1. The second-order valence-corrected chi connectivity index (χ2v) is 5.52. The van der Waals surface area contributed by atoms with Gasteiger partial charge in [-0.2, -0.15) is 0 Å².